The first kappa shape index (κ1) is 25.8. The van der Waals surface area contributed by atoms with E-state index in [0.717, 1.165) is 54.1 Å². The number of unbranched alkanes of at least 4 members (excludes halogenated alkanes) is 2. The van der Waals surface area contributed by atoms with Crippen LogP contribution in [0.5, 0.6) is 5.75 Å². The SMILES string of the molecule is CCCCCOc1ccc([C@@H]2C3=C(CC(C)(C)CC3=O)Nc3ccccc3N2C(=O)c2ccccc2)cc1. The number of ketones is 1. The van der Waals surface area contributed by atoms with Crippen LogP contribution in [0.15, 0.2) is 90.1 Å². The Labute approximate surface area is 225 Å². The van der Waals surface area contributed by atoms with E-state index in [9.17, 15) is 9.59 Å². The summed E-state index contributed by atoms with van der Waals surface area (Å²) in [5.41, 5.74) is 4.44. The predicted octanol–water partition coefficient (Wildman–Crippen LogP) is 7.71. The lowest BCUT2D eigenvalue weighted by atomic mass is 9.73. The summed E-state index contributed by atoms with van der Waals surface area (Å²) in [5, 5.41) is 3.57. The Kier molecular flexibility index (Phi) is 7.37. The predicted molar refractivity (Wildman–Crippen MR) is 153 cm³/mol. The minimum absolute atomic E-state index is 0.0762. The number of carbonyl (C=O) groups excluding carboxylic acids is 2. The van der Waals surface area contributed by atoms with Gasteiger partial charge in [-0.2, -0.15) is 0 Å². The van der Waals surface area contributed by atoms with Gasteiger partial charge in [0, 0.05) is 23.3 Å². The van der Waals surface area contributed by atoms with Gasteiger partial charge >= 0.3 is 0 Å². The molecule has 5 rings (SSSR count). The third-order valence-corrected chi connectivity index (χ3v) is 7.35. The fourth-order valence-electron chi connectivity index (χ4n) is 5.53. The maximum Gasteiger partial charge on any atom is 0.259 e. The summed E-state index contributed by atoms with van der Waals surface area (Å²) in [5.74, 6) is 0.728. The molecule has 196 valence electrons. The molecule has 1 atom stereocenters. The molecule has 0 fully saturated rings. The van der Waals surface area contributed by atoms with E-state index in [2.05, 4.69) is 26.1 Å². The number of Topliss-reactive ketones (excluding diaryl/α,β-unsaturated/α-hetero) is 1. The molecule has 1 heterocycles. The highest BCUT2D eigenvalue weighted by Crippen LogP contribution is 2.48. The number of hydrogen-bond donors (Lipinski definition) is 1. The van der Waals surface area contributed by atoms with Crippen LogP contribution in [0.4, 0.5) is 11.4 Å². The van der Waals surface area contributed by atoms with Crippen molar-refractivity contribution in [1.29, 1.82) is 0 Å². The van der Waals surface area contributed by atoms with Crippen molar-refractivity contribution in [3.63, 3.8) is 0 Å². The first-order chi connectivity index (χ1) is 18.4. The van der Waals surface area contributed by atoms with Crippen LogP contribution in [0.2, 0.25) is 0 Å². The number of hydrogen-bond acceptors (Lipinski definition) is 4. The van der Waals surface area contributed by atoms with E-state index in [1.807, 2.05) is 78.9 Å². The second-order valence-electron chi connectivity index (χ2n) is 11.0. The zero-order valence-electron chi connectivity index (χ0n) is 22.5. The number of carbonyl (C=O) groups is 2. The van der Waals surface area contributed by atoms with Crippen molar-refractivity contribution in [3.05, 3.63) is 101 Å². The number of allylic oxidation sites excluding steroid dienone is 1. The van der Waals surface area contributed by atoms with Crippen molar-refractivity contribution in [1.82, 2.24) is 0 Å². The van der Waals surface area contributed by atoms with Crippen LogP contribution in [0.1, 0.15) is 74.8 Å². The molecule has 0 saturated heterocycles. The first-order valence-corrected chi connectivity index (χ1v) is 13.6. The molecule has 38 heavy (non-hydrogen) atoms. The summed E-state index contributed by atoms with van der Waals surface area (Å²) < 4.78 is 5.96. The summed E-state index contributed by atoms with van der Waals surface area (Å²) in [6.45, 7) is 7.10. The van der Waals surface area contributed by atoms with Gasteiger partial charge in [-0.15, -0.1) is 0 Å². The number of para-hydroxylation sites is 2. The molecule has 1 amide bonds. The maximum atomic E-state index is 14.2. The average Bonchev–Trinajstić information content (AvgIpc) is 3.05. The zero-order chi connectivity index (χ0) is 26.7. The van der Waals surface area contributed by atoms with E-state index in [-0.39, 0.29) is 17.1 Å². The Hall–Kier alpha value is -3.86. The van der Waals surface area contributed by atoms with Crippen LogP contribution in [-0.2, 0) is 4.79 Å². The normalized spacial score (nSPS) is 18.2. The van der Waals surface area contributed by atoms with Crippen LogP contribution in [0, 0.1) is 5.41 Å². The molecule has 0 aromatic heterocycles. The molecular formula is C33H36N2O3. The summed E-state index contributed by atoms with van der Waals surface area (Å²) >= 11 is 0. The molecule has 3 aromatic rings. The summed E-state index contributed by atoms with van der Waals surface area (Å²) in [6.07, 6.45) is 4.46. The van der Waals surface area contributed by atoms with Crippen LogP contribution < -0.4 is 15.0 Å². The number of nitrogens with one attached hydrogen (secondary N) is 1. The molecule has 0 bridgehead atoms. The minimum atomic E-state index is -0.563. The van der Waals surface area contributed by atoms with E-state index >= 15 is 0 Å². The van der Waals surface area contributed by atoms with Crippen LogP contribution in [-0.4, -0.2) is 18.3 Å². The quantitative estimate of drug-likeness (QED) is 0.332. The maximum absolute atomic E-state index is 14.2. The Balaban J connectivity index is 1.64. The molecule has 5 nitrogen and oxygen atoms in total. The van der Waals surface area contributed by atoms with Gasteiger partial charge in [0.2, 0.25) is 0 Å². The van der Waals surface area contributed by atoms with Gasteiger partial charge < -0.3 is 10.1 Å². The Bertz CT molecular complexity index is 1340. The number of ether oxygens (including phenoxy) is 1. The van der Waals surface area contributed by atoms with E-state index < -0.39 is 6.04 Å². The van der Waals surface area contributed by atoms with E-state index in [1.165, 1.54) is 0 Å². The monoisotopic (exact) mass is 508 g/mol. The van der Waals surface area contributed by atoms with Crippen molar-refractivity contribution in [3.8, 4) is 5.75 Å². The fourth-order valence-corrected chi connectivity index (χ4v) is 5.53. The zero-order valence-corrected chi connectivity index (χ0v) is 22.5. The molecule has 5 heteroatoms. The molecule has 0 unspecified atom stereocenters. The van der Waals surface area contributed by atoms with Gasteiger partial charge in [0.25, 0.3) is 5.91 Å². The van der Waals surface area contributed by atoms with Crippen LogP contribution in [0.25, 0.3) is 0 Å². The number of amides is 1. The van der Waals surface area contributed by atoms with Crippen molar-refractivity contribution in [2.75, 3.05) is 16.8 Å². The molecule has 1 aliphatic heterocycles. The first-order valence-electron chi connectivity index (χ1n) is 13.6. The third kappa shape index (κ3) is 5.24. The van der Waals surface area contributed by atoms with Crippen molar-refractivity contribution < 1.29 is 14.3 Å². The number of anilines is 2. The third-order valence-electron chi connectivity index (χ3n) is 7.35. The van der Waals surface area contributed by atoms with Gasteiger partial charge in [0.05, 0.1) is 24.0 Å². The molecule has 1 aliphatic carbocycles. The Morgan fingerprint density at radius 2 is 1.66 bits per heavy atom. The molecule has 1 N–H and O–H groups in total. The van der Waals surface area contributed by atoms with E-state index in [4.69, 9.17) is 4.74 Å². The average molecular weight is 509 g/mol. The molecule has 2 aliphatic rings. The lowest BCUT2D eigenvalue weighted by molar-refractivity contribution is -0.118. The second kappa shape index (κ2) is 10.9. The van der Waals surface area contributed by atoms with E-state index in [1.54, 1.807) is 4.90 Å². The topological polar surface area (TPSA) is 58.6 Å². The van der Waals surface area contributed by atoms with Gasteiger partial charge in [-0.3, -0.25) is 14.5 Å². The van der Waals surface area contributed by atoms with Gasteiger partial charge in [-0.25, -0.2) is 0 Å². The van der Waals surface area contributed by atoms with Crippen molar-refractivity contribution in [2.45, 2.75) is 58.9 Å². The lowest BCUT2D eigenvalue weighted by Gasteiger charge is -2.37. The molecule has 0 spiro atoms. The number of fused-ring (bicyclic) bond motifs is 1. The van der Waals surface area contributed by atoms with E-state index in [0.29, 0.717) is 24.2 Å². The number of benzene rings is 3. The highest BCUT2D eigenvalue weighted by molar-refractivity contribution is 6.12. The number of nitrogens with zero attached hydrogens (tertiary/aromatic N) is 1. The largest absolute Gasteiger partial charge is 0.494 e. The molecule has 3 aromatic carbocycles. The highest BCUT2D eigenvalue weighted by atomic mass is 16.5. The summed E-state index contributed by atoms with van der Waals surface area (Å²) in [7, 11) is 0. The molecule has 0 radical (unpaired) electrons. The van der Waals surface area contributed by atoms with Gasteiger partial charge in [-0.05, 0) is 60.2 Å². The smallest absolute Gasteiger partial charge is 0.259 e. The summed E-state index contributed by atoms with van der Waals surface area (Å²) in [6, 6.07) is 24.5. The van der Waals surface area contributed by atoms with Crippen molar-refractivity contribution >= 4 is 23.1 Å². The van der Waals surface area contributed by atoms with Crippen LogP contribution in [0.3, 0.4) is 0 Å². The van der Waals surface area contributed by atoms with Gasteiger partial charge in [0.15, 0.2) is 5.78 Å². The minimum Gasteiger partial charge on any atom is -0.494 e. The van der Waals surface area contributed by atoms with Gasteiger partial charge in [0.1, 0.15) is 5.75 Å². The number of rotatable bonds is 7. The molecule has 0 saturated carbocycles. The fraction of sp³-hybridized carbons (Fsp3) is 0.333. The van der Waals surface area contributed by atoms with Crippen LogP contribution >= 0.6 is 0 Å². The molecular weight excluding hydrogens is 472 g/mol. The highest BCUT2D eigenvalue weighted by Gasteiger charge is 2.43. The van der Waals surface area contributed by atoms with Gasteiger partial charge in [-0.1, -0.05) is 76.1 Å². The Morgan fingerprint density at radius 1 is 0.947 bits per heavy atom. The Morgan fingerprint density at radius 3 is 2.39 bits per heavy atom. The lowest BCUT2D eigenvalue weighted by Crippen LogP contribution is -2.39. The van der Waals surface area contributed by atoms with Crippen molar-refractivity contribution in [2.24, 2.45) is 5.41 Å². The summed E-state index contributed by atoms with van der Waals surface area (Å²) in [4.78, 5) is 29.9. The standard InChI is InChI=1S/C33H36N2O3/c1-4-5-11-20-38-25-18-16-23(17-19-25)31-30-27(21-33(2,3)22-29(30)36)34-26-14-9-10-15-28(26)35(31)32(37)24-12-7-6-8-13-24/h6-10,12-19,31,34H,4-5,11,20-22H2,1-3H3/t31-/m1/s1. The second-order valence-corrected chi connectivity index (χ2v) is 11.0.